The normalized spacial score (nSPS) is 10.3. The molecule has 14 heavy (non-hydrogen) atoms. The van der Waals surface area contributed by atoms with Crippen molar-refractivity contribution < 1.29 is 14.7 Å². The Morgan fingerprint density at radius 1 is 1.57 bits per heavy atom. The molecule has 0 aliphatic rings. The van der Waals surface area contributed by atoms with Crippen LogP contribution in [0.5, 0.6) is 0 Å². The second kappa shape index (κ2) is 4.74. The summed E-state index contributed by atoms with van der Waals surface area (Å²) in [5.74, 6) is -0.368. The zero-order valence-corrected chi connectivity index (χ0v) is 8.23. The van der Waals surface area contributed by atoms with Gasteiger partial charge in [-0.3, -0.25) is 0 Å². The third kappa shape index (κ3) is 2.83. The maximum Gasteiger partial charge on any atom is 0.337 e. The Hall–Kier alpha value is -1.39. The molecule has 0 heterocycles. The van der Waals surface area contributed by atoms with Gasteiger partial charge in [-0.25, -0.2) is 4.79 Å². The highest BCUT2D eigenvalue weighted by Crippen LogP contribution is 2.07. The number of rotatable bonds is 3. The van der Waals surface area contributed by atoms with Crippen molar-refractivity contribution in [3.63, 3.8) is 0 Å². The summed E-state index contributed by atoms with van der Waals surface area (Å²) < 4.78 is 4.58. The van der Waals surface area contributed by atoms with Crippen LogP contribution in [0.4, 0.5) is 0 Å². The van der Waals surface area contributed by atoms with Crippen LogP contribution in [-0.4, -0.2) is 30.4 Å². The van der Waals surface area contributed by atoms with Crippen molar-refractivity contribution in [2.45, 2.75) is 6.54 Å². The van der Waals surface area contributed by atoms with Crippen LogP contribution in [-0.2, 0) is 11.3 Å². The summed E-state index contributed by atoms with van der Waals surface area (Å²) in [6.07, 6.45) is 0. The van der Waals surface area contributed by atoms with Gasteiger partial charge in [0, 0.05) is 13.6 Å². The molecule has 0 atom stereocenters. The van der Waals surface area contributed by atoms with Gasteiger partial charge >= 0.3 is 5.97 Å². The summed E-state index contributed by atoms with van der Waals surface area (Å²) in [7, 11) is 2.89. The molecule has 0 fully saturated rings. The lowest BCUT2D eigenvalue weighted by Gasteiger charge is -2.08. The van der Waals surface area contributed by atoms with Crippen LogP contribution in [0.3, 0.4) is 0 Å². The highest BCUT2D eigenvalue weighted by Gasteiger charge is 2.05. The highest BCUT2D eigenvalue weighted by atomic mass is 16.5. The van der Waals surface area contributed by atoms with E-state index in [1.165, 1.54) is 7.11 Å². The Kier molecular flexibility index (Phi) is 3.62. The lowest BCUT2D eigenvalue weighted by atomic mass is 10.1. The average molecular weight is 195 g/mol. The Morgan fingerprint density at radius 2 is 2.29 bits per heavy atom. The topological polar surface area (TPSA) is 49.8 Å². The van der Waals surface area contributed by atoms with Crippen molar-refractivity contribution in [1.29, 1.82) is 0 Å². The maximum absolute atomic E-state index is 11.2. The number of benzene rings is 1. The van der Waals surface area contributed by atoms with E-state index in [1.54, 1.807) is 25.2 Å². The molecule has 4 nitrogen and oxygen atoms in total. The molecular formula is C10H13NO3. The lowest BCUT2D eigenvalue weighted by molar-refractivity contribution is -0.0731. The van der Waals surface area contributed by atoms with Gasteiger partial charge in [0.1, 0.15) is 0 Å². The Morgan fingerprint density at radius 3 is 2.86 bits per heavy atom. The van der Waals surface area contributed by atoms with Gasteiger partial charge in [0.2, 0.25) is 0 Å². The van der Waals surface area contributed by atoms with E-state index in [-0.39, 0.29) is 5.97 Å². The van der Waals surface area contributed by atoms with Crippen molar-refractivity contribution in [2.24, 2.45) is 0 Å². The molecule has 0 spiro atoms. The predicted octanol–water partition coefficient (Wildman–Crippen LogP) is 1.29. The summed E-state index contributed by atoms with van der Waals surface area (Å²) in [5, 5.41) is 10.1. The van der Waals surface area contributed by atoms with Gasteiger partial charge in [0.05, 0.1) is 12.7 Å². The molecule has 0 aliphatic carbocycles. The van der Waals surface area contributed by atoms with E-state index >= 15 is 0 Å². The number of methoxy groups -OCH3 is 1. The third-order valence-corrected chi connectivity index (χ3v) is 1.76. The van der Waals surface area contributed by atoms with E-state index in [1.807, 2.05) is 6.07 Å². The highest BCUT2D eigenvalue weighted by molar-refractivity contribution is 5.89. The van der Waals surface area contributed by atoms with Crippen LogP contribution < -0.4 is 0 Å². The molecule has 1 rings (SSSR count). The third-order valence-electron chi connectivity index (χ3n) is 1.76. The van der Waals surface area contributed by atoms with Crippen molar-refractivity contribution in [3.8, 4) is 0 Å². The number of hydrogen-bond acceptors (Lipinski definition) is 4. The van der Waals surface area contributed by atoms with Gasteiger partial charge in [-0.2, -0.15) is 5.06 Å². The van der Waals surface area contributed by atoms with E-state index in [9.17, 15) is 4.79 Å². The summed E-state index contributed by atoms with van der Waals surface area (Å²) in [6, 6.07) is 6.95. The van der Waals surface area contributed by atoms with Crippen molar-refractivity contribution in [1.82, 2.24) is 5.06 Å². The monoisotopic (exact) mass is 195 g/mol. The minimum Gasteiger partial charge on any atom is -0.465 e. The SMILES string of the molecule is COC(=O)c1cccc(CN(C)O)c1. The summed E-state index contributed by atoms with van der Waals surface area (Å²) in [5.41, 5.74) is 1.35. The van der Waals surface area contributed by atoms with Crippen LogP contribution in [0.1, 0.15) is 15.9 Å². The van der Waals surface area contributed by atoms with Crippen LogP contribution in [0.2, 0.25) is 0 Å². The van der Waals surface area contributed by atoms with Crippen LogP contribution >= 0.6 is 0 Å². The molecule has 0 amide bonds. The van der Waals surface area contributed by atoms with Gasteiger partial charge in [-0.05, 0) is 17.7 Å². The molecule has 76 valence electrons. The first-order valence-electron chi connectivity index (χ1n) is 4.20. The summed E-state index contributed by atoms with van der Waals surface area (Å²) in [6.45, 7) is 0.380. The van der Waals surface area contributed by atoms with Crippen molar-refractivity contribution in [3.05, 3.63) is 35.4 Å². The number of esters is 1. The number of carbonyl (C=O) groups excluding carboxylic acids is 1. The minimum absolute atomic E-state index is 0.368. The average Bonchev–Trinajstić information content (AvgIpc) is 2.16. The first kappa shape index (κ1) is 10.7. The number of hydroxylamine groups is 2. The molecule has 0 bridgehead atoms. The molecule has 1 N–H and O–H groups in total. The van der Waals surface area contributed by atoms with E-state index in [4.69, 9.17) is 5.21 Å². The molecule has 0 unspecified atom stereocenters. The van der Waals surface area contributed by atoms with Gasteiger partial charge in [0.15, 0.2) is 0 Å². The minimum atomic E-state index is -0.368. The molecule has 1 aromatic carbocycles. The van der Waals surface area contributed by atoms with Crippen LogP contribution in [0.25, 0.3) is 0 Å². The molecular weight excluding hydrogens is 182 g/mol. The first-order valence-corrected chi connectivity index (χ1v) is 4.20. The van der Waals surface area contributed by atoms with E-state index in [0.29, 0.717) is 12.1 Å². The molecule has 0 radical (unpaired) electrons. The molecule has 0 aromatic heterocycles. The zero-order valence-electron chi connectivity index (χ0n) is 8.23. The van der Waals surface area contributed by atoms with Crippen molar-refractivity contribution >= 4 is 5.97 Å². The smallest absolute Gasteiger partial charge is 0.337 e. The molecule has 0 saturated heterocycles. The number of ether oxygens (including phenoxy) is 1. The zero-order chi connectivity index (χ0) is 10.6. The fourth-order valence-electron chi connectivity index (χ4n) is 1.18. The van der Waals surface area contributed by atoms with E-state index < -0.39 is 0 Å². The van der Waals surface area contributed by atoms with Crippen molar-refractivity contribution in [2.75, 3.05) is 14.2 Å². The second-order valence-corrected chi connectivity index (χ2v) is 3.01. The predicted molar refractivity (Wildman–Crippen MR) is 51.0 cm³/mol. The van der Waals surface area contributed by atoms with Gasteiger partial charge in [-0.15, -0.1) is 0 Å². The van der Waals surface area contributed by atoms with Crippen LogP contribution in [0.15, 0.2) is 24.3 Å². The second-order valence-electron chi connectivity index (χ2n) is 3.01. The Bertz CT molecular complexity index is 323. The Balaban J connectivity index is 2.84. The number of nitrogens with zero attached hydrogens (tertiary/aromatic N) is 1. The Labute approximate surface area is 82.7 Å². The molecule has 1 aromatic rings. The summed E-state index contributed by atoms with van der Waals surface area (Å²) in [4.78, 5) is 11.2. The quantitative estimate of drug-likeness (QED) is 0.583. The van der Waals surface area contributed by atoms with Gasteiger partial charge < -0.3 is 9.94 Å². The summed E-state index contributed by atoms with van der Waals surface area (Å²) >= 11 is 0. The van der Waals surface area contributed by atoms with Gasteiger partial charge in [-0.1, -0.05) is 12.1 Å². The van der Waals surface area contributed by atoms with E-state index in [2.05, 4.69) is 4.74 Å². The largest absolute Gasteiger partial charge is 0.465 e. The standard InChI is InChI=1S/C10H13NO3/c1-11(13)7-8-4-3-5-9(6-8)10(12)14-2/h3-6,13H,7H2,1-2H3. The fraction of sp³-hybridized carbons (Fsp3) is 0.300. The lowest BCUT2D eigenvalue weighted by Crippen LogP contribution is -2.12. The number of carbonyl (C=O) groups is 1. The number of hydrogen-bond donors (Lipinski definition) is 1. The molecule has 4 heteroatoms. The molecule has 0 aliphatic heterocycles. The van der Waals surface area contributed by atoms with E-state index in [0.717, 1.165) is 10.6 Å². The maximum atomic E-state index is 11.2. The van der Waals surface area contributed by atoms with Crippen LogP contribution in [0, 0.1) is 0 Å². The first-order chi connectivity index (χ1) is 6.63. The molecule has 0 saturated carbocycles. The fourth-order valence-corrected chi connectivity index (χ4v) is 1.18. The van der Waals surface area contributed by atoms with Gasteiger partial charge in [0.25, 0.3) is 0 Å².